The lowest BCUT2D eigenvalue weighted by molar-refractivity contribution is -0.146. The van der Waals surface area contributed by atoms with Crippen LogP contribution in [0, 0.1) is 0 Å². The van der Waals surface area contributed by atoms with E-state index >= 15 is 0 Å². The monoisotopic (exact) mass is 483 g/mol. The summed E-state index contributed by atoms with van der Waals surface area (Å²) in [5.41, 5.74) is 5.40. The van der Waals surface area contributed by atoms with Crippen LogP contribution in [0.2, 0.25) is 0 Å². The molecule has 5 heteroatoms. The number of hydrogen-bond donors (Lipinski definition) is 0. The first kappa shape index (κ1) is 22.7. The Bertz CT molecular complexity index is 1630. The lowest BCUT2D eigenvalue weighted by atomic mass is 9.99. The van der Waals surface area contributed by atoms with Crippen molar-refractivity contribution in [1.29, 1.82) is 0 Å². The zero-order valence-electron chi connectivity index (χ0n) is 20.6. The van der Waals surface area contributed by atoms with Gasteiger partial charge in [0.05, 0.1) is 11.2 Å². The Kier molecular flexibility index (Phi) is 5.53. The molecule has 4 aromatic carbocycles. The number of para-hydroxylation sites is 1. The lowest BCUT2D eigenvalue weighted by Crippen LogP contribution is -2.41. The predicted octanol–water partition coefficient (Wildman–Crippen LogP) is 6.98. The molecule has 180 valence electrons. The molecule has 0 fully saturated rings. The van der Waals surface area contributed by atoms with E-state index in [1.807, 2.05) is 110 Å². The molecule has 0 N–H and O–H groups in total. The van der Waals surface area contributed by atoms with Crippen LogP contribution in [-0.2, 0) is 15.3 Å². The van der Waals surface area contributed by atoms with Gasteiger partial charge in [0, 0.05) is 35.9 Å². The summed E-state index contributed by atoms with van der Waals surface area (Å²) >= 11 is 0. The first-order valence-electron chi connectivity index (χ1n) is 12.2. The van der Waals surface area contributed by atoms with Crippen molar-refractivity contribution in [1.82, 2.24) is 9.99 Å². The number of amides is 1. The molecule has 0 spiro atoms. The molecule has 5 nitrogen and oxygen atoms in total. The molecule has 2 heterocycles. The van der Waals surface area contributed by atoms with Crippen molar-refractivity contribution in [2.24, 2.45) is 5.10 Å². The molecular weight excluding hydrogens is 458 g/mol. The minimum absolute atomic E-state index is 0.203. The maximum absolute atomic E-state index is 12.8. The summed E-state index contributed by atoms with van der Waals surface area (Å²) in [6, 6.07) is 38.2. The van der Waals surface area contributed by atoms with Crippen LogP contribution in [0.5, 0.6) is 0 Å². The Morgan fingerprint density at radius 2 is 1.35 bits per heavy atom. The molecule has 6 rings (SSSR count). The Labute approximate surface area is 215 Å². The van der Waals surface area contributed by atoms with Gasteiger partial charge in [-0.1, -0.05) is 103 Å². The Morgan fingerprint density at radius 1 is 0.757 bits per heavy atom. The van der Waals surface area contributed by atoms with E-state index in [0.717, 1.165) is 44.4 Å². The second-order valence-electron chi connectivity index (χ2n) is 9.20. The van der Waals surface area contributed by atoms with Crippen molar-refractivity contribution in [2.75, 3.05) is 0 Å². The maximum Gasteiger partial charge on any atom is 0.243 e. The number of carbonyl (C=O) groups is 1. The molecule has 37 heavy (non-hydrogen) atoms. The number of pyridine rings is 1. The van der Waals surface area contributed by atoms with E-state index in [0.29, 0.717) is 5.90 Å². The van der Waals surface area contributed by atoms with Crippen molar-refractivity contribution in [3.05, 3.63) is 126 Å². The third-order valence-electron chi connectivity index (χ3n) is 6.73. The molecule has 1 aliphatic heterocycles. The number of ether oxygens (including phenoxy) is 1. The number of benzene rings is 4. The van der Waals surface area contributed by atoms with E-state index < -0.39 is 5.72 Å². The Hall–Kier alpha value is -4.77. The highest BCUT2D eigenvalue weighted by Gasteiger charge is 2.45. The van der Waals surface area contributed by atoms with Crippen LogP contribution in [0.1, 0.15) is 25.0 Å². The van der Waals surface area contributed by atoms with Crippen LogP contribution in [-0.4, -0.2) is 21.8 Å². The third-order valence-corrected chi connectivity index (χ3v) is 6.73. The summed E-state index contributed by atoms with van der Waals surface area (Å²) in [6.45, 7) is 3.39. The number of rotatable bonds is 4. The molecule has 0 radical (unpaired) electrons. The normalized spacial score (nSPS) is 16.9. The molecule has 1 atom stereocenters. The largest absolute Gasteiger partial charge is 0.443 e. The number of carbonyl (C=O) groups excluding carboxylic acids is 1. The van der Waals surface area contributed by atoms with Gasteiger partial charge in [0.1, 0.15) is 0 Å². The molecule has 5 aromatic rings. The van der Waals surface area contributed by atoms with Crippen molar-refractivity contribution >= 4 is 22.7 Å². The molecular formula is C32H25N3O2. The van der Waals surface area contributed by atoms with Crippen LogP contribution in [0.25, 0.3) is 33.3 Å². The lowest BCUT2D eigenvalue weighted by Gasteiger charge is -2.31. The zero-order valence-corrected chi connectivity index (χ0v) is 20.6. The van der Waals surface area contributed by atoms with Gasteiger partial charge in [0.2, 0.25) is 17.5 Å². The molecule has 1 aliphatic rings. The smallest absolute Gasteiger partial charge is 0.243 e. The topological polar surface area (TPSA) is 54.8 Å². The first-order valence-corrected chi connectivity index (χ1v) is 12.2. The van der Waals surface area contributed by atoms with Crippen molar-refractivity contribution in [3.63, 3.8) is 0 Å². The van der Waals surface area contributed by atoms with E-state index in [-0.39, 0.29) is 5.91 Å². The molecule has 1 unspecified atom stereocenters. The summed E-state index contributed by atoms with van der Waals surface area (Å²) in [5, 5.41) is 7.04. The SMILES string of the molecule is CC(=O)N1N=C(c2cc(-c3ccccc3)nc3ccccc23)OC1(C)c1ccc(-c2ccccc2)cc1. The summed E-state index contributed by atoms with van der Waals surface area (Å²) < 4.78 is 6.57. The van der Waals surface area contributed by atoms with Gasteiger partial charge in [-0.2, -0.15) is 5.01 Å². The average Bonchev–Trinajstić information content (AvgIpc) is 3.32. The molecule has 1 amide bonds. The van der Waals surface area contributed by atoms with Gasteiger partial charge in [-0.05, 0) is 23.3 Å². The standard InChI is InChI=1S/C32H25N3O2/c1-22(36)35-32(2,26-19-17-24(18-20-26)23-11-5-3-6-12-23)37-31(34-35)28-21-30(25-13-7-4-8-14-25)33-29-16-10-9-15-27(28)29/h3-21H,1-2H3. The molecule has 0 saturated heterocycles. The summed E-state index contributed by atoms with van der Waals surface area (Å²) in [6.07, 6.45) is 0. The summed E-state index contributed by atoms with van der Waals surface area (Å²) in [7, 11) is 0. The fraction of sp³-hybridized carbons (Fsp3) is 0.0938. The number of hydrogen-bond acceptors (Lipinski definition) is 4. The number of nitrogens with zero attached hydrogens (tertiary/aromatic N) is 3. The third kappa shape index (κ3) is 4.04. The fourth-order valence-electron chi connectivity index (χ4n) is 4.81. The van der Waals surface area contributed by atoms with Gasteiger partial charge in [0.15, 0.2) is 0 Å². The van der Waals surface area contributed by atoms with Gasteiger partial charge in [-0.3, -0.25) is 4.79 Å². The minimum Gasteiger partial charge on any atom is -0.443 e. The van der Waals surface area contributed by atoms with Crippen LogP contribution in [0.3, 0.4) is 0 Å². The maximum atomic E-state index is 12.8. The van der Waals surface area contributed by atoms with E-state index in [4.69, 9.17) is 14.8 Å². The highest BCUT2D eigenvalue weighted by atomic mass is 16.6. The van der Waals surface area contributed by atoms with Crippen LogP contribution in [0.15, 0.2) is 120 Å². The Balaban J connectivity index is 1.43. The molecule has 0 bridgehead atoms. The number of aromatic nitrogens is 1. The zero-order chi connectivity index (χ0) is 25.4. The van der Waals surface area contributed by atoms with E-state index in [1.165, 1.54) is 11.9 Å². The average molecular weight is 484 g/mol. The van der Waals surface area contributed by atoms with Crippen LogP contribution in [0.4, 0.5) is 0 Å². The van der Waals surface area contributed by atoms with Crippen molar-refractivity contribution in [2.45, 2.75) is 19.6 Å². The summed E-state index contributed by atoms with van der Waals surface area (Å²) in [4.78, 5) is 17.7. The molecule has 0 saturated carbocycles. The quantitative estimate of drug-likeness (QED) is 0.277. The number of fused-ring (bicyclic) bond motifs is 1. The van der Waals surface area contributed by atoms with Gasteiger partial charge >= 0.3 is 0 Å². The van der Waals surface area contributed by atoms with Gasteiger partial charge in [0.25, 0.3) is 0 Å². The minimum atomic E-state index is -1.09. The van der Waals surface area contributed by atoms with E-state index in [9.17, 15) is 4.79 Å². The van der Waals surface area contributed by atoms with Crippen molar-refractivity contribution in [3.8, 4) is 22.4 Å². The van der Waals surface area contributed by atoms with Crippen LogP contribution >= 0.6 is 0 Å². The second kappa shape index (κ2) is 9.03. The van der Waals surface area contributed by atoms with E-state index in [1.54, 1.807) is 0 Å². The first-order chi connectivity index (χ1) is 18.0. The predicted molar refractivity (Wildman–Crippen MR) is 147 cm³/mol. The fourth-order valence-corrected chi connectivity index (χ4v) is 4.81. The Morgan fingerprint density at radius 3 is 2.03 bits per heavy atom. The van der Waals surface area contributed by atoms with Gasteiger partial charge in [-0.15, -0.1) is 5.10 Å². The molecule has 1 aromatic heterocycles. The van der Waals surface area contributed by atoms with Crippen molar-refractivity contribution < 1.29 is 9.53 Å². The van der Waals surface area contributed by atoms with Gasteiger partial charge < -0.3 is 4.74 Å². The van der Waals surface area contributed by atoms with Gasteiger partial charge in [-0.25, -0.2) is 4.98 Å². The molecule has 0 aliphatic carbocycles. The summed E-state index contributed by atoms with van der Waals surface area (Å²) in [5.74, 6) is 0.187. The highest BCUT2D eigenvalue weighted by molar-refractivity contribution is 6.08. The highest BCUT2D eigenvalue weighted by Crippen LogP contribution is 2.39. The van der Waals surface area contributed by atoms with Crippen LogP contribution < -0.4 is 0 Å². The van der Waals surface area contributed by atoms with E-state index in [2.05, 4.69) is 12.1 Å². The second-order valence-corrected chi connectivity index (χ2v) is 9.20. The number of hydrazone groups is 1.